The number of halogens is 2. The third-order valence-corrected chi connectivity index (χ3v) is 6.95. The molecule has 2 atom stereocenters. The molecule has 1 aliphatic heterocycles. The molecule has 178 valence electrons. The lowest BCUT2D eigenvalue weighted by atomic mass is 9.95. The number of likely N-dealkylation sites (N-methyl/N-ethyl adjacent to an activating group) is 1. The fraction of sp³-hybridized carbons (Fsp3) is 0.333. The number of amides is 5. The number of benzene rings is 2. The van der Waals surface area contributed by atoms with Crippen molar-refractivity contribution < 1.29 is 19.2 Å². The highest BCUT2D eigenvalue weighted by atomic mass is 35.5. The molecule has 4 rings (SSSR count). The molecule has 2 N–H and O–H groups in total. The van der Waals surface area contributed by atoms with Crippen molar-refractivity contribution in [1.82, 2.24) is 15.1 Å². The summed E-state index contributed by atoms with van der Waals surface area (Å²) in [6.07, 6.45) is 0.768. The Kier molecular flexibility index (Phi) is 6.55. The summed E-state index contributed by atoms with van der Waals surface area (Å²) in [6.45, 7) is 1.56. The third kappa shape index (κ3) is 4.35. The Morgan fingerprint density at radius 1 is 1.12 bits per heavy atom. The van der Waals surface area contributed by atoms with E-state index in [4.69, 9.17) is 23.2 Å². The number of imide groups is 1. The van der Waals surface area contributed by atoms with Gasteiger partial charge in [0.15, 0.2) is 4.84 Å². The summed E-state index contributed by atoms with van der Waals surface area (Å²) in [7, 11) is 1.61. The van der Waals surface area contributed by atoms with Crippen LogP contribution in [0.4, 0.5) is 10.5 Å². The molecule has 2 aromatic rings. The van der Waals surface area contributed by atoms with Gasteiger partial charge in [0.25, 0.3) is 11.8 Å². The van der Waals surface area contributed by atoms with E-state index in [0.717, 1.165) is 16.7 Å². The fourth-order valence-electron chi connectivity index (χ4n) is 4.57. The fourth-order valence-corrected chi connectivity index (χ4v) is 4.82. The van der Waals surface area contributed by atoms with Crippen molar-refractivity contribution in [3.63, 3.8) is 0 Å². The van der Waals surface area contributed by atoms with E-state index < -0.39 is 34.3 Å². The summed E-state index contributed by atoms with van der Waals surface area (Å²) >= 11 is 11.7. The molecule has 1 heterocycles. The van der Waals surface area contributed by atoms with Crippen molar-refractivity contribution in [2.24, 2.45) is 0 Å². The lowest BCUT2D eigenvalue weighted by molar-refractivity contribution is -0.135. The van der Waals surface area contributed by atoms with Crippen LogP contribution in [0.5, 0.6) is 0 Å². The van der Waals surface area contributed by atoms with E-state index in [1.54, 1.807) is 26.1 Å². The number of hydrogen-bond acceptors (Lipinski definition) is 4. The zero-order chi connectivity index (χ0) is 24.6. The molecule has 1 spiro atoms. The van der Waals surface area contributed by atoms with Crippen molar-refractivity contribution in [2.45, 2.75) is 36.2 Å². The SMILES string of the molecule is C[C@H](c1ccccc1)N(CC(=O)Nc1ccc2c(c1)C[C@@]1(C2)C(=O)NC(=O)N1C)C(=O)C(Cl)Cl. The number of rotatable bonds is 6. The number of nitrogens with one attached hydrogen (secondary N) is 2. The Morgan fingerprint density at radius 2 is 1.79 bits per heavy atom. The molecule has 0 aromatic heterocycles. The van der Waals surface area contributed by atoms with Gasteiger partial charge < -0.3 is 15.1 Å². The minimum Gasteiger partial charge on any atom is -0.325 e. The average Bonchev–Trinajstić information content (AvgIpc) is 3.30. The highest BCUT2D eigenvalue weighted by Gasteiger charge is 2.54. The zero-order valence-corrected chi connectivity index (χ0v) is 20.2. The Hall–Kier alpha value is -3.10. The van der Waals surface area contributed by atoms with Crippen molar-refractivity contribution in [1.29, 1.82) is 0 Å². The molecule has 0 radical (unpaired) electrons. The van der Waals surface area contributed by atoms with Crippen LogP contribution in [0.1, 0.15) is 29.7 Å². The largest absolute Gasteiger partial charge is 0.325 e. The summed E-state index contributed by atoms with van der Waals surface area (Å²) in [6, 6.07) is 13.8. The van der Waals surface area contributed by atoms with E-state index in [0.29, 0.717) is 18.5 Å². The maximum absolute atomic E-state index is 12.9. The van der Waals surface area contributed by atoms with Gasteiger partial charge in [-0.05, 0) is 35.7 Å². The minimum atomic E-state index is -1.30. The molecule has 0 unspecified atom stereocenters. The first-order chi connectivity index (χ1) is 16.1. The van der Waals surface area contributed by atoms with Crippen LogP contribution in [0.25, 0.3) is 0 Å². The minimum absolute atomic E-state index is 0.245. The molecule has 1 saturated heterocycles. The summed E-state index contributed by atoms with van der Waals surface area (Å²) in [4.78, 5) is 51.4. The van der Waals surface area contributed by atoms with Gasteiger partial charge in [-0.15, -0.1) is 0 Å². The van der Waals surface area contributed by atoms with Crippen LogP contribution < -0.4 is 10.6 Å². The molecule has 34 heavy (non-hydrogen) atoms. The molecule has 0 bridgehead atoms. The number of anilines is 1. The van der Waals surface area contributed by atoms with Crippen LogP contribution in [0.15, 0.2) is 48.5 Å². The number of nitrogens with zero attached hydrogens (tertiary/aromatic N) is 2. The standard InChI is InChI=1S/C24H24Cl2N4O4/c1-14(15-6-4-3-5-7-15)30(21(32)20(25)26)13-19(31)27-18-9-8-16-11-24(12-17(16)10-18)22(33)28-23(34)29(24)2/h3-10,14,20H,11-13H2,1-2H3,(H,27,31)(H,28,33,34)/t14-,24+/m1/s1. The second-order valence-corrected chi connectivity index (χ2v) is 9.68. The normalized spacial score (nSPS) is 19.9. The lowest BCUT2D eigenvalue weighted by Gasteiger charge is -2.29. The predicted molar refractivity (Wildman–Crippen MR) is 129 cm³/mol. The molecule has 0 saturated carbocycles. The highest BCUT2D eigenvalue weighted by Crippen LogP contribution is 2.38. The first-order valence-electron chi connectivity index (χ1n) is 10.8. The van der Waals surface area contributed by atoms with Crippen LogP contribution in [-0.4, -0.2) is 57.5 Å². The van der Waals surface area contributed by atoms with Gasteiger partial charge in [-0.25, -0.2) is 4.79 Å². The van der Waals surface area contributed by atoms with E-state index in [-0.39, 0.29) is 12.5 Å². The first-order valence-corrected chi connectivity index (χ1v) is 11.6. The second kappa shape index (κ2) is 9.27. The number of hydrogen-bond donors (Lipinski definition) is 2. The predicted octanol–water partition coefficient (Wildman–Crippen LogP) is 3.04. The van der Waals surface area contributed by atoms with Gasteiger partial charge >= 0.3 is 6.03 Å². The molecular formula is C24H24Cl2N4O4. The smallest absolute Gasteiger partial charge is 0.324 e. The van der Waals surface area contributed by atoms with Gasteiger partial charge in [-0.2, -0.15) is 0 Å². The van der Waals surface area contributed by atoms with Crippen LogP contribution in [0.3, 0.4) is 0 Å². The van der Waals surface area contributed by atoms with E-state index in [1.165, 1.54) is 9.80 Å². The average molecular weight is 503 g/mol. The van der Waals surface area contributed by atoms with Crippen LogP contribution in [-0.2, 0) is 27.2 Å². The van der Waals surface area contributed by atoms with E-state index >= 15 is 0 Å². The van der Waals surface area contributed by atoms with Crippen LogP contribution in [0, 0.1) is 0 Å². The van der Waals surface area contributed by atoms with Gasteiger partial charge in [0.1, 0.15) is 12.1 Å². The Bertz CT molecular complexity index is 1160. The van der Waals surface area contributed by atoms with Crippen molar-refractivity contribution in [3.05, 3.63) is 65.2 Å². The number of carbonyl (C=O) groups excluding carboxylic acids is 4. The van der Waals surface area contributed by atoms with E-state index in [2.05, 4.69) is 10.6 Å². The molecule has 10 heteroatoms. The van der Waals surface area contributed by atoms with Gasteiger partial charge in [0, 0.05) is 25.6 Å². The van der Waals surface area contributed by atoms with Crippen LogP contribution in [0.2, 0.25) is 0 Å². The number of urea groups is 1. The highest BCUT2D eigenvalue weighted by molar-refractivity contribution is 6.53. The molecule has 2 aromatic carbocycles. The van der Waals surface area contributed by atoms with Crippen LogP contribution >= 0.6 is 23.2 Å². The topological polar surface area (TPSA) is 98.8 Å². The van der Waals surface area contributed by atoms with Crippen molar-refractivity contribution in [2.75, 3.05) is 18.9 Å². The third-order valence-electron chi connectivity index (χ3n) is 6.58. The molecule has 5 amide bonds. The van der Waals surface area contributed by atoms with Crippen molar-refractivity contribution in [3.8, 4) is 0 Å². The first kappa shape index (κ1) is 24.0. The van der Waals surface area contributed by atoms with E-state index in [9.17, 15) is 19.2 Å². The van der Waals surface area contributed by atoms with Gasteiger partial charge in [-0.1, -0.05) is 59.6 Å². The Balaban J connectivity index is 1.49. The van der Waals surface area contributed by atoms with Crippen molar-refractivity contribution >= 4 is 52.6 Å². The second-order valence-electron chi connectivity index (χ2n) is 8.59. The van der Waals surface area contributed by atoms with E-state index in [1.807, 2.05) is 36.4 Å². The molecule has 1 aliphatic carbocycles. The van der Waals surface area contributed by atoms with Gasteiger partial charge in [-0.3, -0.25) is 19.7 Å². The summed E-state index contributed by atoms with van der Waals surface area (Å²) in [5.41, 5.74) is 2.25. The Labute approximate surface area is 207 Å². The molecule has 1 fully saturated rings. The molecule has 2 aliphatic rings. The quantitative estimate of drug-likeness (QED) is 0.468. The lowest BCUT2D eigenvalue weighted by Crippen LogP contribution is -2.48. The summed E-state index contributed by atoms with van der Waals surface area (Å²) < 4.78 is 0. The number of alkyl halides is 2. The number of carbonyl (C=O) groups is 4. The summed E-state index contributed by atoms with van der Waals surface area (Å²) in [5.74, 6) is -1.29. The molecular weight excluding hydrogens is 479 g/mol. The van der Waals surface area contributed by atoms with Gasteiger partial charge in [0.2, 0.25) is 5.91 Å². The maximum Gasteiger partial charge on any atom is 0.324 e. The summed E-state index contributed by atoms with van der Waals surface area (Å²) in [5, 5.41) is 5.18. The van der Waals surface area contributed by atoms with Gasteiger partial charge in [0.05, 0.1) is 6.04 Å². The monoisotopic (exact) mass is 502 g/mol. The maximum atomic E-state index is 12.9. The molecule has 8 nitrogen and oxygen atoms in total. The number of fused-ring (bicyclic) bond motifs is 1. The Morgan fingerprint density at radius 3 is 2.41 bits per heavy atom. The zero-order valence-electron chi connectivity index (χ0n) is 18.7.